The zero-order valence-electron chi connectivity index (χ0n) is 20.9. The Morgan fingerprint density at radius 1 is 0.750 bits per heavy atom. The molecule has 190 valence electrons. The van der Waals surface area contributed by atoms with Crippen LogP contribution in [0, 0.1) is 0 Å². The van der Waals surface area contributed by atoms with Crippen LogP contribution in [0.3, 0.4) is 0 Å². The number of rotatable bonds is 22. The molecule has 3 N–H and O–H groups in total. The highest BCUT2D eigenvalue weighted by Gasteiger charge is 2.38. The average molecular weight is 457 g/mol. The summed E-state index contributed by atoms with van der Waals surface area (Å²) < 4.78 is 0. The second kappa shape index (κ2) is 19.7. The zero-order valence-corrected chi connectivity index (χ0v) is 20.9. The van der Waals surface area contributed by atoms with Crippen LogP contribution in [0.25, 0.3) is 0 Å². The van der Waals surface area contributed by atoms with Crippen molar-refractivity contribution in [2.75, 3.05) is 32.8 Å². The Balaban J connectivity index is 2.12. The molecule has 1 rings (SSSR count). The van der Waals surface area contributed by atoms with Crippen LogP contribution < -0.4 is 0 Å². The molecule has 1 fully saturated rings. The van der Waals surface area contributed by atoms with Gasteiger partial charge in [-0.15, -0.1) is 0 Å². The first-order valence-electron chi connectivity index (χ1n) is 13.6. The van der Waals surface area contributed by atoms with Crippen molar-refractivity contribution in [3.63, 3.8) is 0 Å². The first-order valence-corrected chi connectivity index (χ1v) is 13.6. The van der Waals surface area contributed by atoms with Gasteiger partial charge in [-0.25, -0.2) is 0 Å². The van der Waals surface area contributed by atoms with Gasteiger partial charge in [-0.2, -0.15) is 0 Å². The van der Waals surface area contributed by atoms with Gasteiger partial charge in [0.2, 0.25) is 0 Å². The maximum Gasteiger partial charge on any atom is 0.317 e. The Bertz CT molecular complexity index is 450. The van der Waals surface area contributed by atoms with Crippen molar-refractivity contribution in [3.8, 4) is 0 Å². The summed E-state index contributed by atoms with van der Waals surface area (Å²) in [7, 11) is 0. The van der Waals surface area contributed by atoms with Crippen molar-refractivity contribution in [3.05, 3.63) is 0 Å². The summed E-state index contributed by atoms with van der Waals surface area (Å²) in [6.07, 6.45) is 21.7. The molecule has 0 spiro atoms. The van der Waals surface area contributed by atoms with Crippen molar-refractivity contribution < 1.29 is 20.1 Å². The number of β-amino-alcohol motifs (C(OH)–C–C–N with tert-alkyl or cyclic N) is 1. The van der Waals surface area contributed by atoms with Crippen molar-refractivity contribution in [2.24, 2.45) is 0 Å². The number of hydrogen-bond acceptors (Lipinski definition) is 5. The number of nitrogens with zero attached hydrogens (tertiary/aromatic N) is 2. The van der Waals surface area contributed by atoms with Gasteiger partial charge in [0.05, 0.1) is 19.3 Å². The van der Waals surface area contributed by atoms with Crippen LogP contribution in [0.1, 0.15) is 116 Å². The Morgan fingerprint density at radius 2 is 1.25 bits per heavy atom. The van der Waals surface area contributed by atoms with Gasteiger partial charge in [0, 0.05) is 25.7 Å². The first-order chi connectivity index (χ1) is 15.6. The fraction of sp³-hybridized carbons (Fsp3) is 0.962. The highest BCUT2D eigenvalue weighted by molar-refractivity contribution is 5.69. The van der Waals surface area contributed by atoms with Crippen LogP contribution in [0.4, 0.5) is 0 Å². The SMILES string of the molecule is CCCCCCCCCCCCCCCCCC1N(CC(=O)O)CC(CCO)N1CCO. The number of carbonyl (C=O) groups is 1. The Morgan fingerprint density at radius 3 is 1.69 bits per heavy atom. The van der Waals surface area contributed by atoms with Crippen LogP contribution in [-0.4, -0.2) is 76.1 Å². The summed E-state index contributed by atoms with van der Waals surface area (Å²) in [5.74, 6) is -0.805. The number of hydrogen-bond donors (Lipinski definition) is 3. The third-order valence-corrected chi connectivity index (χ3v) is 6.94. The fourth-order valence-corrected chi connectivity index (χ4v) is 5.19. The van der Waals surface area contributed by atoms with Crippen molar-refractivity contribution in [1.29, 1.82) is 0 Å². The van der Waals surface area contributed by atoms with Gasteiger partial charge in [0.25, 0.3) is 0 Å². The Hall–Kier alpha value is -0.690. The molecule has 6 nitrogen and oxygen atoms in total. The van der Waals surface area contributed by atoms with Crippen LogP contribution in [0.2, 0.25) is 0 Å². The molecule has 1 heterocycles. The molecule has 32 heavy (non-hydrogen) atoms. The summed E-state index contributed by atoms with van der Waals surface area (Å²) in [6.45, 7) is 3.68. The number of carboxylic acid groups (broad SMARTS) is 1. The van der Waals surface area contributed by atoms with E-state index in [1.165, 1.54) is 89.9 Å². The van der Waals surface area contributed by atoms with Gasteiger partial charge in [-0.3, -0.25) is 14.6 Å². The lowest BCUT2D eigenvalue weighted by atomic mass is 10.0. The normalized spacial score (nSPS) is 19.7. The lowest BCUT2D eigenvalue weighted by Gasteiger charge is -2.31. The highest BCUT2D eigenvalue weighted by atomic mass is 16.4. The lowest BCUT2D eigenvalue weighted by molar-refractivity contribution is -0.139. The molecule has 0 saturated carbocycles. The summed E-state index contributed by atoms with van der Waals surface area (Å²) in [5.41, 5.74) is 0. The van der Waals surface area contributed by atoms with Gasteiger partial charge >= 0.3 is 5.97 Å². The van der Waals surface area contributed by atoms with Gasteiger partial charge in [0.15, 0.2) is 0 Å². The third-order valence-electron chi connectivity index (χ3n) is 6.94. The van der Waals surface area contributed by atoms with Crippen LogP contribution in [0.5, 0.6) is 0 Å². The molecule has 0 aromatic rings. The van der Waals surface area contributed by atoms with Gasteiger partial charge in [0.1, 0.15) is 0 Å². The predicted octanol–water partition coefficient (Wildman–Crippen LogP) is 5.02. The Labute approximate surface area is 197 Å². The molecule has 1 aliphatic rings. The summed E-state index contributed by atoms with van der Waals surface area (Å²) in [4.78, 5) is 15.5. The summed E-state index contributed by atoms with van der Waals surface area (Å²) >= 11 is 0. The largest absolute Gasteiger partial charge is 0.480 e. The van der Waals surface area contributed by atoms with E-state index in [1.54, 1.807) is 0 Å². The number of carboxylic acids is 1. The van der Waals surface area contributed by atoms with E-state index in [2.05, 4.69) is 11.8 Å². The number of aliphatic hydroxyl groups excluding tert-OH is 2. The number of aliphatic carboxylic acids is 1. The fourth-order valence-electron chi connectivity index (χ4n) is 5.19. The van der Waals surface area contributed by atoms with Gasteiger partial charge < -0.3 is 15.3 Å². The van der Waals surface area contributed by atoms with Crippen LogP contribution in [-0.2, 0) is 4.79 Å². The molecule has 2 unspecified atom stereocenters. The second-order valence-electron chi connectivity index (χ2n) is 9.67. The number of unbranched alkanes of at least 4 members (excludes halogenated alkanes) is 14. The van der Waals surface area contributed by atoms with Crippen molar-refractivity contribution in [2.45, 2.75) is 128 Å². The zero-order chi connectivity index (χ0) is 23.4. The summed E-state index contributed by atoms with van der Waals surface area (Å²) in [5, 5.41) is 28.1. The van der Waals surface area contributed by atoms with E-state index in [4.69, 9.17) is 0 Å². The van der Waals surface area contributed by atoms with E-state index in [-0.39, 0.29) is 32.0 Å². The standard InChI is InChI=1S/C26H52N2O4/c1-2-3-4-5-6-7-8-9-10-11-12-13-14-15-16-17-25-27(23-26(31)32)22-24(18-20-29)28(25)19-21-30/h24-25,29-30H,2-23H2,1H3,(H,31,32). The van der Waals surface area contributed by atoms with E-state index in [0.717, 1.165) is 12.8 Å². The van der Waals surface area contributed by atoms with Crippen LogP contribution in [0.15, 0.2) is 0 Å². The average Bonchev–Trinajstić information content (AvgIpc) is 3.06. The molecular formula is C26H52N2O4. The first kappa shape index (κ1) is 29.3. The van der Waals surface area contributed by atoms with E-state index in [0.29, 0.717) is 19.5 Å². The van der Waals surface area contributed by atoms with E-state index >= 15 is 0 Å². The molecule has 1 saturated heterocycles. The maximum absolute atomic E-state index is 11.3. The lowest BCUT2D eigenvalue weighted by Crippen LogP contribution is -2.43. The van der Waals surface area contributed by atoms with E-state index in [1.807, 2.05) is 4.90 Å². The molecule has 0 bridgehead atoms. The van der Waals surface area contributed by atoms with Crippen molar-refractivity contribution >= 4 is 5.97 Å². The molecule has 0 aromatic carbocycles. The molecule has 1 aliphatic heterocycles. The van der Waals surface area contributed by atoms with Crippen LogP contribution >= 0.6 is 0 Å². The molecule has 0 amide bonds. The molecule has 0 aromatic heterocycles. The topological polar surface area (TPSA) is 84.2 Å². The van der Waals surface area contributed by atoms with E-state index < -0.39 is 5.97 Å². The maximum atomic E-state index is 11.3. The van der Waals surface area contributed by atoms with E-state index in [9.17, 15) is 20.1 Å². The molecule has 0 radical (unpaired) electrons. The minimum atomic E-state index is -0.805. The van der Waals surface area contributed by atoms with Gasteiger partial charge in [-0.1, -0.05) is 103 Å². The molecular weight excluding hydrogens is 404 g/mol. The molecule has 6 heteroatoms. The quantitative estimate of drug-likeness (QED) is 0.198. The number of aliphatic hydroxyl groups is 2. The molecule has 0 aliphatic carbocycles. The summed E-state index contributed by atoms with van der Waals surface area (Å²) in [6, 6.07) is 0.132. The highest BCUT2D eigenvalue weighted by Crippen LogP contribution is 2.26. The monoisotopic (exact) mass is 456 g/mol. The second-order valence-corrected chi connectivity index (χ2v) is 9.67. The molecule has 2 atom stereocenters. The minimum Gasteiger partial charge on any atom is -0.480 e. The third kappa shape index (κ3) is 13.1. The minimum absolute atomic E-state index is 0.0350. The Kier molecular flexibility index (Phi) is 18.1. The van der Waals surface area contributed by atoms with Gasteiger partial charge in [-0.05, 0) is 12.8 Å². The predicted molar refractivity (Wildman–Crippen MR) is 132 cm³/mol. The smallest absolute Gasteiger partial charge is 0.317 e. The van der Waals surface area contributed by atoms with Crippen molar-refractivity contribution in [1.82, 2.24) is 9.80 Å².